The SMILES string of the molecule is COc1ccc(C(CNc2ccc([N+](=O)[O-])cn2)N2CCOCC2)cc1. The minimum absolute atomic E-state index is 0.0181. The van der Waals surface area contributed by atoms with Crippen LogP contribution in [0.2, 0.25) is 0 Å². The third kappa shape index (κ3) is 4.47. The van der Waals surface area contributed by atoms with Gasteiger partial charge in [0.2, 0.25) is 0 Å². The first-order chi connectivity index (χ1) is 12.7. The average molecular weight is 358 g/mol. The van der Waals surface area contributed by atoms with Crippen LogP contribution in [0.3, 0.4) is 0 Å². The summed E-state index contributed by atoms with van der Waals surface area (Å²) in [6.45, 7) is 3.76. The number of nitro groups is 1. The molecule has 1 unspecified atom stereocenters. The summed E-state index contributed by atoms with van der Waals surface area (Å²) in [5, 5.41) is 14.0. The molecule has 1 aliphatic heterocycles. The van der Waals surface area contributed by atoms with Crippen LogP contribution < -0.4 is 10.1 Å². The fourth-order valence-electron chi connectivity index (χ4n) is 2.97. The van der Waals surface area contributed by atoms with Gasteiger partial charge in [-0.15, -0.1) is 0 Å². The minimum atomic E-state index is -0.454. The first-order valence-corrected chi connectivity index (χ1v) is 8.47. The zero-order valence-electron chi connectivity index (χ0n) is 14.6. The fourth-order valence-corrected chi connectivity index (χ4v) is 2.97. The molecule has 0 radical (unpaired) electrons. The van der Waals surface area contributed by atoms with Crippen molar-refractivity contribution in [2.24, 2.45) is 0 Å². The second-order valence-corrected chi connectivity index (χ2v) is 5.98. The van der Waals surface area contributed by atoms with E-state index in [1.54, 1.807) is 13.2 Å². The topological polar surface area (TPSA) is 89.8 Å². The number of nitrogens with zero attached hydrogens (tertiary/aromatic N) is 3. The molecule has 138 valence electrons. The van der Waals surface area contributed by atoms with Crippen LogP contribution in [0.15, 0.2) is 42.6 Å². The molecule has 8 nitrogen and oxygen atoms in total. The predicted molar refractivity (Wildman–Crippen MR) is 97.5 cm³/mol. The molecule has 3 rings (SSSR count). The first kappa shape index (κ1) is 18.1. The Hall–Kier alpha value is -2.71. The third-order valence-electron chi connectivity index (χ3n) is 4.42. The van der Waals surface area contributed by atoms with Crippen LogP contribution in [0.1, 0.15) is 11.6 Å². The van der Waals surface area contributed by atoms with Gasteiger partial charge in [-0.3, -0.25) is 15.0 Å². The first-order valence-electron chi connectivity index (χ1n) is 8.47. The lowest BCUT2D eigenvalue weighted by atomic mass is 10.0. The predicted octanol–water partition coefficient (Wildman–Crippen LogP) is 2.48. The Kier molecular flexibility index (Phi) is 5.98. The van der Waals surface area contributed by atoms with E-state index in [2.05, 4.69) is 27.3 Å². The van der Waals surface area contributed by atoms with E-state index in [-0.39, 0.29) is 11.7 Å². The van der Waals surface area contributed by atoms with Crippen LogP contribution in [0, 0.1) is 10.1 Å². The van der Waals surface area contributed by atoms with Crippen LogP contribution in [0.4, 0.5) is 11.5 Å². The standard InChI is InChI=1S/C18H22N4O4/c1-25-16-5-2-14(3-6-16)17(21-8-10-26-11-9-21)13-20-18-7-4-15(12-19-18)22(23)24/h2-7,12,17H,8-11,13H2,1H3,(H,19,20). The van der Waals surface area contributed by atoms with Crippen molar-refractivity contribution in [1.82, 2.24) is 9.88 Å². The van der Waals surface area contributed by atoms with E-state index in [4.69, 9.17) is 9.47 Å². The van der Waals surface area contributed by atoms with E-state index in [9.17, 15) is 10.1 Å². The summed E-state index contributed by atoms with van der Waals surface area (Å²) < 4.78 is 10.7. The number of rotatable bonds is 7. The molecule has 0 aliphatic carbocycles. The van der Waals surface area contributed by atoms with E-state index in [0.717, 1.165) is 18.8 Å². The van der Waals surface area contributed by atoms with Crippen molar-refractivity contribution in [1.29, 1.82) is 0 Å². The van der Waals surface area contributed by atoms with Gasteiger partial charge in [0, 0.05) is 25.7 Å². The van der Waals surface area contributed by atoms with E-state index < -0.39 is 4.92 Å². The highest BCUT2D eigenvalue weighted by atomic mass is 16.6. The van der Waals surface area contributed by atoms with Gasteiger partial charge in [0.15, 0.2) is 0 Å². The lowest BCUT2D eigenvalue weighted by molar-refractivity contribution is -0.385. The number of morpholine rings is 1. The van der Waals surface area contributed by atoms with Gasteiger partial charge in [0.05, 0.1) is 31.3 Å². The molecule has 1 aliphatic rings. The molecular formula is C18H22N4O4. The third-order valence-corrected chi connectivity index (χ3v) is 4.42. The van der Waals surface area contributed by atoms with Crippen LogP contribution >= 0.6 is 0 Å². The van der Waals surface area contributed by atoms with E-state index in [1.807, 2.05) is 12.1 Å². The lowest BCUT2D eigenvalue weighted by Gasteiger charge is -2.35. The van der Waals surface area contributed by atoms with Gasteiger partial charge in [-0.2, -0.15) is 0 Å². The molecule has 8 heteroatoms. The highest BCUT2D eigenvalue weighted by Crippen LogP contribution is 2.25. The molecule has 26 heavy (non-hydrogen) atoms. The number of benzene rings is 1. The van der Waals surface area contributed by atoms with Crippen molar-refractivity contribution >= 4 is 11.5 Å². The Balaban J connectivity index is 1.73. The summed E-state index contributed by atoms with van der Waals surface area (Å²) in [7, 11) is 1.65. The molecule has 2 aromatic rings. The maximum atomic E-state index is 10.7. The lowest BCUT2D eigenvalue weighted by Crippen LogP contribution is -2.41. The Morgan fingerprint density at radius 3 is 2.58 bits per heavy atom. The molecule has 1 aromatic heterocycles. The maximum absolute atomic E-state index is 10.7. The second-order valence-electron chi connectivity index (χ2n) is 5.98. The highest BCUT2D eigenvalue weighted by molar-refractivity contribution is 5.41. The Morgan fingerprint density at radius 1 is 1.27 bits per heavy atom. The summed E-state index contributed by atoms with van der Waals surface area (Å²) in [4.78, 5) is 16.8. The molecular weight excluding hydrogens is 336 g/mol. The van der Waals surface area contributed by atoms with Crippen LogP contribution in [-0.2, 0) is 4.74 Å². The summed E-state index contributed by atoms with van der Waals surface area (Å²) in [6, 6.07) is 11.2. The summed E-state index contributed by atoms with van der Waals surface area (Å²) in [5.41, 5.74) is 1.15. The maximum Gasteiger partial charge on any atom is 0.287 e. The zero-order valence-corrected chi connectivity index (χ0v) is 14.6. The van der Waals surface area contributed by atoms with Crippen molar-refractivity contribution in [3.8, 4) is 5.75 Å². The average Bonchev–Trinajstić information content (AvgIpc) is 2.70. The van der Waals surface area contributed by atoms with Crippen molar-refractivity contribution < 1.29 is 14.4 Å². The van der Waals surface area contributed by atoms with Crippen molar-refractivity contribution in [2.75, 3.05) is 45.3 Å². The van der Waals surface area contributed by atoms with Crippen molar-refractivity contribution in [3.63, 3.8) is 0 Å². The summed E-state index contributed by atoms with van der Waals surface area (Å²) in [5.74, 6) is 1.43. The number of nitrogens with one attached hydrogen (secondary N) is 1. The molecule has 1 atom stereocenters. The van der Waals surface area contributed by atoms with Gasteiger partial charge >= 0.3 is 0 Å². The minimum Gasteiger partial charge on any atom is -0.497 e. The highest BCUT2D eigenvalue weighted by Gasteiger charge is 2.22. The number of hydrogen-bond acceptors (Lipinski definition) is 7. The number of anilines is 1. The molecule has 0 spiro atoms. The smallest absolute Gasteiger partial charge is 0.287 e. The largest absolute Gasteiger partial charge is 0.497 e. The van der Waals surface area contributed by atoms with Crippen molar-refractivity contribution in [2.45, 2.75) is 6.04 Å². The molecule has 1 N–H and O–H groups in total. The molecule has 1 fully saturated rings. The van der Waals surface area contributed by atoms with Gasteiger partial charge in [-0.05, 0) is 23.8 Å². The Morgan fingerprint density at radius 2 is 2.00 bits per heavy atom. The second kappa shape index (κ2) is 8.59. The summed E-state index contributed by atoms with van der Waals surface area (Å²) in [6.07, 6.45) is 1.26. The number of ether oxygens (including phenoxy) is 2. The van der Waals surface area contributed by atoms with Crippen LogP contribution in [0.25, 0.3) is 0 Å². The Labute approximate surface area is 151 Å². The molecule has 0 saturated carbocycles. The molecule has 0 bridgehead atoms. The Bertz CT molecular complexity index is 715. The number of methoxy groups -OCH3 is 1. The number of hydrogen-bond donors (Lipinski definition) is 1. The molecule has 1 saturated heterocycles. The number of pyridine rings is 1. The van der Waals surface area contributed by atoms with Crippen LogP contribution in [-0.4, -0.2) is 54.8 Å². The zero-order chi connectivity index (χ0) is 18.4. The molecule has 1 aromatic carbocycles. The van der Waals surface area contributed by atoms with Gasteiger partial charge in [-0.25, -0.2) is 4.98 Å². The summed E-state index contributed by atoms with van der Waals surface area (Å²) >= 11 is 0. The fraction of sp³-hybridized carbons (Fsp3) is 0.389. The number of aromatic nitrogens is 1. The van der Waals surface area contributed by atoms with Gasteiger partial charge in [0.1, 0.15) is 17.8 Å². The van der Waals surface area contributed by atoms with Gasteiger partial charge in [0.25, 0.3) is 5.69 Å². The van der Waals surface area contributed by atoms with Gasteiger partial charge in [-0.1, -0.05) is 12.1 Å². The normalized spacial score (nSPS) is 16.0. The quantitative estimate of drug-likeness (QED) is 0.601. The van der Waals surface area contributed by atoms with E-state index in [1.165, 1.54) is 17.8 Å². The molecule has 0 amide bonds. The molecule has 2 heterocycles. The van der Waals surface area contributed by atoms with Crippen LogP contribution in [0.5, 0.6) is 5.75 Å². The van der Waals surface area contributed by atoms with E-state index in [0.29, 0.717) is 25.6 Å². The van der Waals surface area contributed by atoms with Gasteiger partial charge < -0.3 is 14.8 Å². The van der Waals surface area contributed by atoms with E-state index >= 15 is 0 Å². The monoisotopic (exact) mass is 358 g/mol. The van der Waals surface area contributed by atoms with Crippen molar-refractivity contribution in [3.05, 3.63) is 58.3 Å².